The predicted molar refractivity (Wildman–Crippen MR) is 33.5 cm³/mol. The summed E-state index contributed by atoms with van der Waals surface area (Å²) in [5, 5.41) is 0. The van der Waals surface area contributed by atoms with Gasteiger partial charge in [-0.05, 0) is 12.0 Å². The Morgan fingerprint density at radius 1 is 1.62 bits per heavy atom. The van der Waals surface area contributed by atoms with Crippen molar-refractivity contribution in [2.45, 2.75) is 26.4 Å². The zero-order valence-electron chi connectivity index (χ0n) is 5.42. The molecule has 0 aromatic heterocycles. The van der Waals surface area contributed by atoms with E-state index in [0.717, 1.165) is 6.42 Å². The Balaban J connectivity index is 2.29. The Bertz CT molecular complexity index is 86.6. The largest absolute Gasteiger partial charge is 0.498 e. The maximum atomic E-state index is 5.23. The molecule has 1 aliphatic heterocycles. The van der Waals surface area contributed by atoms with E-state index in [1.807, 2.05) is 0 Å². The zero-order chi connectivity index (χ0) is 5.98. The molecule has 1 nitrogen and oxygen atoms in total. The lowest BCUT2D eigenvalue weighted by molar-refractivity contribution is 0.125. The molecule has 0 N–H and O–H groups in total. The number of hydrogen-bond acceptors (Lipinski definition) is 1. The topological polar surface area (TPSA) is 9.23 Å². The predicted octanol–water partition coefficient (Wildman–Crippen LogP) is 1.95. The zero-order valence-corrected chi connectivity index (χ0v) is 5.42. The molecule has 0 fully saturated rings. The standard InChI is InChI=1S/C7H12O/c1-6(2)7-4-3-5-8-7/h3,5-7H,4H2,1-2H3. The molecule has 0 amide bonds. The van der Waals surface area contributed by atoms with Crippen molar-refractivity contribution in [1.82, 2.24) is 0 Å². The second-order valence-corrected chi connectivity index (χ2v) is 2.53. The van der Waals surface area contributed by atoms with Gasteiger partial charge < -0.3 is 4.74 Å². The van der Waals surface area contributed by atoms with E-state index < -0.39 is 0 Å². The van der Waals surface area contributed by atoms with Crippen molar-refractivity contribution in [3.05, 3.63) is 12.3 Å². The van der Waals surface area contributed by atoms with Gasteiger partial charge in [0, 0.05) is 6.42 Å². The molecule has 0 bridgehead atoms. The minimum Gasteiger partial charge on any atom is -0.498 e. The highest BCUT2D eigenvalue weighted by molar-refractivity contribution is 4.87. The van der Waals surface area contributed by atoms with Crippen molar-refractivity contribution in [2.24, 2.45) is 5.92 Å². The fourth-order valence-corrected chi connectivity index (χ4v) is 0.831. The molecule has 1 aliphatic rings. The van der Waals surface area contributed by atoms with Crippen LogP contribution in [0, 0.1) is 5.92 Å². The highest BCUT2D eigenvalue weighted by Crippen LogP contribution is 2.16. The lowest BCUT2D eigenvalue weighted by Crippen LogP contribution is -2.12. The summed E-state index contributed by atoms with van der Waals surface area (Å²) < 4.78 is 5.23. The van der Waals surface area contributed by atoms with E-state index in [1.54, 1.807) is 6.26 Å². The van der Waals surface area contributed by atoms with Crippen LogP contribution >= 0.6 is 0 Å². The average molecular weight is 112 g/mol. The molecule has 0 aliphatic carbocycles. The Hall–Kier alpha value is -0.460. The van der Waals surface area contributed by atoms with Gasteiger partial charge in [-0.2, -0.15) is 0 Å². The van der Waals surface area contributed by atoms with Gasteiger partial charge in [0.2, 0.25) is 0 Å². The summed E-state index contributed by atoms with van der Waals surface area (Å²) in [6, 6.07) is 0. The Labute approximate surface area is 50.3 Å². The molecular formula is C7H12O. The van der Waals surface area contributed by atoms with Gasteiger partial charge >= 0.3 is 0 Å². The van der Waals surface area contributed by atoms with E-state index in [0.29, 0.717) is 12.0 Å². The Morgan fingerprint density at radius 3 is 2.62 bits per heavy atom. The van der Waals surface area contributed by atoms with E-state index in [-0.39, 0.29) is 0 Å². The minimum absolute atomic E-state index is 0.454. The monoisotopic (exact) mass is 112 g/mol. The molecule has 1 heteroatoms. The first kappa shape index (κ1) is 5.67. The van der Waals surface area contributed by atoms with Crippen LogP contribution in [-0.4, -0.2) is 6.10 Å². The average Bonchev–Trinajstić information content (AvgIpc) is 2.12. The summed E-state index contributed by atoms with van der Waals surface area (Å²) in [5.74, 6) is 0.657. The lowest BCUT2D eigenvalue weighted by Gasteiger charge is -2.12. The van der Waals surface area contributed by atoms with Crippen LogP contribution in [0.4, 0.5) is 0 Å². The maximum Gasteiger partial charge on any atom is 0.104 e. The fourth-order valence-electron chi connectivity index (χ4n) is 0.831. The van der Waals surface area contributed by atoms with Crippen molar-refractivity contribution in [1.29, 1.82) is 0 Å². The van der Waals surface area contributed by atoms with Crippen LogP contribution < -0.4 is 0 Å². The summed E-state index contributed by atoms with van der Waals surface area (Å²) in [6.07, 6.45) is 5.42. The molecule has 0 aromatic rings. The number of hydrogen-bond donors (Lipinski definition) is 0. The Kier molecular flexibility index (Phi) is 1.56. The van der Waals surface area contributed by atoms with Crippen molar-refractivity contribution in [3.8, 4) is 0 Å². The molecule has 1 rings (SSSR count). The van der Waals surface area contributed by atoms with Crippen LogP contribution in [0.3, 0.4) is 0 Å². The van der Waals surface area contributed by atoms with Gasteiger partial charge in [0.15, 0.2) is 0 Å². The molecule has 0 radical (unpaired) electrons. The fraction of sp³-hybridized carbons (Fsp3) is 0.714. The summed E-state index contributed by atoms with van der Waals surface area (Å²) in [7, 11) is 0. The van der Waals surface area contributed by atoms with Crippen LogP contribution in [-0.2, 0) is 4.74 Å². The van der Waals surface area contributed by atoms with E-state index in [9.17, 15) is 0 Å². The van der Waals surface area contributed by atoms with Crippen molar-refractivity contribution in [3.63, 3.8) is 0 Å². The van der Waals surface area contributed by atoms with Gasteiger partial charge in [-0.3, -0.25) is 0 Å². The van der Waals surface area contributed by atoms with Gasteiger partial charge in [-0.1, -0.05) is 13.8 Å². The van der Waals surface area contributed by atoms with Crippen LogP contribution in [0.5, 0.6) is 0 Å². The van der Waals surface area contributed by atoms with Gasteiger partial charge in [0.25, 0.3) is 0 Å². The van der Waals surface area contributed by atoms with Crippen molar-refractivity contribution < 1.29 is 4.74 Å². The number of rotatable bonds is 1. The highest BCUT2D eigenvalue weighted by atomic mass is 16.5. The van der Waals surface area contributed by atoms with Crippen LogP contribution in [0.2, 0.25) is 0 Å². The lowest BCUT2D eigenvalue weighted by atomic mass is 10.1. The van der Waals surface area contributed by atoms with E-state index >= 15 is 0 Å². The first-order chi connectivity index (χ1) is 3.80. The quantitative estimate of drug-likeness (QED) is 0.503. The minimum atomic E-state index is 0.454. The second kappa shape index (κ2) is 2.21. The molecule has 0 saturated carbocycles. The second-order valence-electron chi connectivity index (χ2n) is 2.53. The first-order valence-electron chi connectivity index (χ1n) is 3.11. The SMILES string of the molecule is CC(C)C1CC=CO1. The van der Waals surface area contributed by atoms with E-state index in [4.69, 9.17) is 4.74 Å². The smallest absolute Gasteiger partial charge is 0.104 e. The maximum absolute atomic E-state index is 5.23. The number of ether oxygens (including phenoxy) is 1. The summed E-state index contributed by atoms with van der Waals surface area (Å²) in [5.41, 5.74) is 0. The molecule has 1 heterocycles. The van der Waals surface area contributed by atoms with Gasteiger partial charge in [-0.15, -0.1) is 0 Å². The molecule has 8 heavy (non-hydrogen) atoms. The first-order valence-corrected chi connectivity index (χ1v) is 3.11. The molecular weight excluding hydrogens is 100 g/mol. The molecule has 0 saturated heterocycles. The van der Waals surface area contributed by atoms with Gasteiger partial charge in [-0.25, -0.2) is 0 Å². The summed E-state index contributed by atoms with van der Waals surface area (Å²) in [6.45, 7) is 4.36. The molecule has 1 unspecified atom stereocenters. The van der Waals surface area contributed by atoms with Crippen molar-refractivity contribution >= 4 is 0 Å². The third kappa shape index (κ3) is 1.03. The van der Waals surface area contributed by atoms with Gasteiger partial charge in [0.05, 0.1) is 6.26 Å². The molecule has 1 atom stereocenters. The van der Waals surface area contributed by atoms with E-state index in [2.05, 4.69) is 19.9 Å². The van der Waals surface area contributed by atoms with Crippen LogP contribution in [0.1, 0.15) is 20.3 Å². The normalized spacial score (nSPS) is 26.6. The third-order valence-electron chi connectivity index (χ3n) is 1.46. The highest BCUT2D eigenvalue weighted by Gasteiger charge is 2.14. The Morgan fingerprint density at radius 2 is 2.38 bits per heavy atom. The van der Waals surface area contributed by atoms with E-state index in [1.165, 1.54) is 0 Å². The van der Waals surface area contributed by atoms with Crippen LogP contribution in [0.15, 0.2) is 12.3 Å². The van der Waals surface area contributed by atoms with Crippen molar-refractivity contribution in [2.75, 3.05) is 0 Å². The third-order valence-corrected chi connectivity index (χ3v) is 1.46. The molecule has 0 aromatic carbocycles. The molecule has 46 valence electrons. The molecule has 0 spiro atoms. The summed E-state index contributed by atoms with van der Waals surface area (Å²) in [4.78, 5) is 0. The summed E-state index contributed by atoms with van der Waals surface area (Å²) >= 11 is 0. The van der Waals surface area contributed by atoms with Crippen LogP contribution in [0.25, 0.3) is 0 Å². The van der Waals surface area contributed by atoms with Gasteiger partial charge in [0.1, 0.15) is 6.10 Å².